The summed E-state index contributed by atoms with van der Waals surface area (Å²) in [6.45, 7) is 0. The summed E-state index contributed by atoms with van der Waals surface area (Å²) in [5.41, 5.74) is 1.68. The van der Waals surface area contributed by atoms with Crippen molar-refractivity contribution < 1.29 is 4.79 Å². The van der Waals surface area contributed by atoms with Crippen LogP contribution in [0.15, 0.2) is 54.7 Å². The van der Waals surface area contributed by atoms with Gasteiger partial charge < -0.3 is 5.32 Å². The molecule has 1 amide bonds. The average Bonchev–Trinajstić information content (AvgIpc) is 3.09. The number of aromatic nitrogens is 3. The van der Waals surface area contributed by atoms with E-state index in [9.17, 15) is 4.79 Å². The molecule has 1 N–H and O–H groups in total. The van der Waals surface area contributed by atoms with Gasteiger partial charge in [0.2, 0.25) is 5.91 Å². The third-order valence-corrected chi connectivity index (χ3v) is 4.77. The number of benzene rings is 1. The molecule has 7 heteroatoms. The standard InChI is InChI=1S/C19H19ClN4OS/c1-26-13-11-16(19-23-22-17-4-2-3-12-24(17)19)21-18(25)10-7-14-5-8-15(20)9-6-14/h2-10,12,16H,11,13H2,1H3,(H,21,25)/b10-7+/t16-/m1/s1. The number of halogens is 1. The molecule has 1 aromatic carbocycles. The van der Waals surface area contributed by atoms with Gasteiger partial charge in [-0.3, -0.25) is 9.20 Å². The van der Waals surface area contributed by atoms with E-state index in [1.54, 1.807) is 30.0 Å². The Hall–Kier alpha value is -2.31. The molecule has 0 aliphatic rings. The Morgan fingerprint density at radius 2 is 2.08 bits per heavy atom. The zero-order valence-electron chi connectivity index (χ0n) is 14.3. The number of pyridine rings is 1. The first-order valence-corrected chi connectivity index (χ1v) is 9.97. The SMILES string of the molecule is CSCC[C@@H](NC(=O)/C=C/c1ccc(Cl)cc1)c1nnc2ccccn12. The van der Waals surface area contributed by atoms with E-state index in [1.807, 2.05) is 47.2 Å². The molecule has 3 aromatic rings. The molecule has 0 aliphatic heterocycles. The fraction of sp³-hybridized carbons (Fsp3) is 0.211. The number of nitrogens with zero attached hydrogens (tertiary/aromatic N) is 3. The van der Waals surface area contributed by atoms with E-state index in [0.29, 0.717) is 5.02 Å². The van der Waals surface area contributed by atoms with Crippen LogP contribution in [0.25, 0.3) is 11.7 Å². The fourth-order valence-electron chi connectivity index (χ4n) is 2.56. The number of carbonyl (C=O) groups is 1. The first-order valence-electron chi connectivity index (χ1n) is 8.20. The predicted molar refractivity (Wildman–Crippen MR) is 107 cm³/mol. The first kappa shape index (κ1) is 18.5. The highest BCUT2D eigenvalue weighted by Gasteiger charge is 2.19. The van der Waals surface area contributed by atoms with Gasteiger partial charge in [-0.2, -0.15) is 11.8 Å². The molecule has 0 bridgehead atoms. The summed E-state index contributed by atoms with van der Waals surface area (Å²) in [4.78, 5) is 12.4. The Balaban J connectivity index is 1.75. The van der Waals surface area contributed by atoms with Gasteiger partial charge in [-0.15, -0.1) is 10.2 Å². The van der Waals surface area contributed by atoms with Crippen LogP contribution in [0, 0.1) is 0 Å². The van der Waals surface area contributed by atoms with E-state index in [1.165, 1.54) is 6.08 Å². The van der Waals surface area contributed by atoms with E-state index < -0.39 is 0 Å². The van der Waals surface area contributed by atoms with E-state index in [4.69, 9.17) is 11.6 Å². The number of thioether (sulfide) groups is 1. The van der Waals surface area contributed by atoms with E-state index >= 15 is 0 Å². The lowest BCUT2D eigenvalue weighted by molar-refractivity contribution is -0.117. The van der Waals surface area contributed by atoms with Gasteiger partial charge in [0.05, 0.1) is 6.04 Å². The van der Waals surface area contributed by atoms with Gasteiger partial charge in [0, 0.05) is 17.3 Å². The van der Waals surface area contributed by atoms with Gasteiger partial charge in [-0.25, -0.2) is 0 Å². The van der Waals surface area contributed by atoms with Crippen molar-refractivity contribution in [3.05, 3.63) is 71.1 Å². The minimum Gasteiger partial charge on any atom is -0.342 e. The summed E-state index contributed by atoms with van der Waals surface area (Å²) in [5.74, 6) is 1.48. The largest absolute Gasteiger partial charge is 0.342 e. The van der Waals surface area contributed by atoms with Crippen LogP contribution in [0.5, 0.6) is 0 Å². The van der Waals surface area contributed by atoms with Crippen molar-refractivity contribution >= 4 is 41.0 Å². The summed E-state index contributed by atoms with van der Waals surface area (Å²) in [6, 6.07) is 12.8. The third kappa shape index (κ3) is 4.65. The van der Waals surface area contributed by atoms with Crippen molar-refractivity contribution in [2.75, 3.05) is 12.0 Å². The number of rotatable bonds is 7. The van der Waals surface area contributed by atoms with Crippen LogP contribution in [0.1, 0.15) is 23.9 Å². The molecule has 134 valence electrons. The summed E-state index contributed by atoms with van der Waals surface area (Å²) in [6.07, 6.45) is 8.02. The predicted octanol–water partition coefficient (Wildman–Crippen LogP) is 4.01. The number of amides is 1. The Kier molecular flexibility index (Phi) is 6.30. The van der Waals surface area contributed by atoms with E-state index in [2.05, 4.69) is 15.5 Å². The van der Waals surface area contributed by atoms with Crippen molar-refractivity contribution in [3.8, 4) is 0 Å². The van der Waals surface area contributed by atoms with Crippen molar-refractivity contribution in [1.29, 1.82) is 0 Å². The number of hydrogen-bond donors (Lipinski definition) is 1. The molecule has 2 aromatic heterocycles. The highest BCUT2D eigenvalue weighted by atomic mass is 35.5. The molecule has 0 unspecified atom stereocenters. The molecule has 0 radical (unpaired) electrons. The van der Waals surface area contributed by atoms with Crippen molar-refractivity contribution in [2.24, 2.45) is 0 Å². The minimum atomic E-state index is -0.206. The van der Waals surface area contributed by atoms with Crippen LogP contribution in [-0.2, 0) is 4.79 Å². The quantitative estimate of drug-likeness (QED) is 0.623. The fourth-order valence-corrected chi connectivity index (χ4v) is 3.16. The zero-order valence-corrected chi connectivity index (χ0v) is 15.9. The highest BCUT2D eigenvalue weighted by Crippen LogP contribution is 2.18. The van der Waals surface area contributed by atoms with Crippen LogP contribution in [-0.4, -0.2) is 32.5 Å². The average molecular weight is 387 g/mol. The molecule has 0 spiro atoms. The molecular formula is C19H19ClN4OS. The lowest BCUT2D eigenvalue weighted by Crippen LogP contribution is -2.29. The van der Waals surface area contributed by atoms with Gasteiger partial charge >= 0.3 is 0 Å². The molecule has 0 aliphatic carbocycles. The van der Waals surface area contributed by atoms with Gasteiger partial charge in [0.15, 0.2) is 11.5 Å². The summed E-state index contributed by atoms with van der Waals surface area (Å²) >= 11 is 7.61. The lowest BCUT2D eigenvalue weighted by atomic mass is 10.2. The Bertz CT molecular complexity index is 907. The number of carbonyl (C=O) groups excluding carboxylic acids is 1. The molecule has 3 rings (SSSR count). The summed E-state index contributed by atoms with van der Waals surface area (Å²) in [5, 5.41) is 12.2. The van der Waals surface area contributed by atoms with Gasteiger partial charge in [-0.1, -0.05) is 29.8 Å². The molecule has 0 saturated carbocycles. The third-order valence-electron chi connectivity index (χ3n) is 3.88. The van der Waals surface area contributed by atoms with E-state index in [0.717, 1.165) is 29.2 Å². The minimum absolute atomic E-state index is 0.168. The van der Waals surface area contributed by atoms with E-state index in [-0.39, 0.29) is 11.9 Å². The second-order valence-electron chi connectivity index (χ2n) is 5.71. The van der Waals surface area contributed by atoms with Crippen LogP contribution in [0.4, 0.5) is 0 Å². The second-order valence-corrected chi connectivity index (χ2v) is 7.14. The topological polar surface area (TPSA) is 59.3 Å². The van der Waals surface area contributed by atoms with Crippen LogP contribution in [0.3, 0.4) is 0 Å². The molecular weight excluding hydrogens is 368 g/mol. The van der Waals surface area contributed by atoms with Gasteiger partial charge in [0.1, 0.15) is 0 Å². The summed E-state index contributed by atoms with van der Waals surface area (Å²) in [7, 11) is 0. The molecule has 26 heavy (non-hydrogen) atoms. The lowest BCUT2D eigenvalue weighted by Gasteiger charge is -2.15. The Labute approximate surface area is 161 Å². The maximum atomic E-state index is 12.4. The van der Waals surface area contributed by atoms with Crippen LogP contribution < -0.4 is 5.32 Å². The zero-order chi connectivity index (χ0) is 18.4. The number of fused-ring (bicyclic) bond motifs is 1. The normalized spacial score (nSPS) is 12.5. The number of nitrogens with one attached hydrogen (secondary N) is 1. The maximum Gasteiger partial charge on any atom is 0.244 e. The van der Waals surface area contributed by atoms with Crippen molar-refractivity contribution in [1.82, 2.24) is 19.9 Å². The molecule has 1 atom stereocenters. The molecule has 0 saturated heterocycles. The molecule has 5 nitrogen and oxygen atoms in total. The Morgan fingerprint density at radius 1 is 1.27 bits per heavy atom. The monoisotopic (exact) mass is 386 g/mol. The van der Waals surface area contributed by atoms with Gasteiger partial charge in [-0.05, 0) is 54.3 Å². The molecule has 2 heterocycles. The van der Waals surface area contributed by atoms with Crippen molar-refractivity contribution in [2.45, 2.75) is 12.5 Å². The van der Waals surface area contributed by atoms with Crippen LogP contribution >= 0.6 is 23.4 Å². The molecule has 0 fully saturated rings. The first-order chi connectivity index (χ1) is 12.7. The van der Waals surface area contributed by atoms with Crippen LogP contribution in [0.2, 0.25) is 5.02 Å². The highest BCUT2D eigenvalue weighted by molar-refractivity contribution is 7.98. The van der Waals surface area contributed by atoms with Gasteiger partial charge in [0.25, 0.3) is 0 Å². The maximum absolute atomic E-state index is 12.4. The summed E-state index contributed by atoms with van der Waals surface area (Å²) < 4.78 is 1.91. The second kappa shape index (κ2) is 8.87. The smallest absolute Gasteiger partial charge is 0.244 e. The Morgan fingerprint density at radius 3 is 2.85 bits per heavy atom. The number of hydrogen-bond acceptors (Lipinski definition) is 4. The van der Waals surface area contributed by atoms with Crippen molar-refractivity contribution in [3.63, 3.8) is 0 Å².